The number of aliphatic hydroxyl groups excluding tert-OH is 1. The van der Waals surface area contributed by atoms with Gasteiger partial charge in [0.1, 0.15) is 0 Å². The number of hydrogen-bond acceptors (Lipinski definition) is 3. The second-order valence-corrected chi connectivity index (χ2v) is 4.36. The molecule has 0 aromatic heterocycles. The van der Waals surface area contributed by atoms with Crippen molar-refractivity contribution >= 4 is 0 Å². The van der Waals surface area contributed by atoms with Crippen molar-refractivity contribution in [3.8, 4) is 0 Å². The molecule has 0 spiro atoms. The Bertz CT molecular complexity index is 365. The molecule has 0 amide bonds. The lowest BCUT2D eigenvalue weighted by Crippen LogP contribution is -2.31. The van der Waals surface area contributed by atoms with Crippen molar-refractivity contribution < 1.29 is 5.11 Å². The molecule has 1 aromatic rings. The van der Waals surface area contributed by atoms with Gasteiger partial charge in [0.05, 0.1) is 6.10 Å². The highest BCUT2D eigenvalue weighted by Gasteiger charge is 2.20. The number of hydrogen-bond donors (Lipinski definition) is 2. The number of nitrogens with zero attached hydrogens (tertiary/aromatic N) is 1. The minimum atomic E-state index is -0.522. The maximum atomic E-state index is 9.90. The quantitative estimate of drug-likeness (QED) is 0.800. The van der Waals surface area contributed by atoms with Crippen LogP contribution in [0.1, 0.15) is 29.7 Å². The molecule has 2 rings (SSSR count). The smallest absolute Gasteiger partial charge is 0.0915 e. The average molecular weight is 220 g/mol. The van der Waals surface area contributed by atoms with E-state index in [0.29, 0.717) is 6.54 Å². The Balaban J connectivity index is 2.34. The number of nitrogens with two attached hydrogens (primary N) is 1. The Morgan fingerprint density at radius 1 is 1.50 bits per heavy atom. The monoisotopic (exact) mass is 220 g/mol. The van der Waals surface area contributed by atoms with Crippen LogP contribution in [-0.4, -0.2) is 29.6 Å². The zero-order valence-electron chi connectivity index (χ0n) is 9.82. The molecule has 3 nitrogen and oxygen atoms in total. The molecule has 0 bridgehead atoms. The first-order chi connectivity index (χ1) is 7.76. The molecule has 0 radical (unpaired) electrons. The number of fused-ring (bicyclic) bond motifs is 1. The van der Waals surface area contributed by atoms with Crippen molar-refractivity contribution in [3.05, 3.63) is 34.9 Å². The van der Waals surface area contributed by atoms with Crippen LogP contribution in [0.25, 0.3) is 0 Å². The topological polar surface area (TPSA) is 49.5 Å². The summed E-state index contributed by atoms with van der Waals surface area (Å²) in [7, 11) is 0. The molecule has 3 N–H and O–H groups in total. The van der Waals surface area contributed by atoms with E-state index in [2.05, 4.69) is 17.9 Å². The van der Waals surface area contributed by atoms with E-state index in [1.54, 1.807) is 0 Å². The third kappa shape index (κ3) is 2.12. The fourth-order valence-electron chi connectivity index (χ4n) is 2.37. The van der Waals surface area contributed by atoms with Crippen LogP contribution in [0.3, 0.4) is 0 Å². The zero-order valence-corrected chi connectivity index (χ0v) is 9.82. The van der Waals surface area contributed by atoms with E-state index in [-0.39, 0.29) is 0 Å². The van der Waals surface area contributed by atoms with Gasteiger partial charge in [0, 0.05) is 19.6 Å². The molecular formula is C13H20N2O. The predicted octanol–water partition coefficient (Wildman–Crippen LogP) is 1.06. The van der Waals surface area contributed by atoms with Crippen LogP contribution in [0, 0.1) is 0 Å². The minimum Gasteiger partial charge on any atom is -0.387 e. The van der Waals surface area contributed by atoms with Crippen LogP contribution in [0.15, 0.2) is 18.2 Å². The Kier molecular flexibility index (Phi) is 3.59. The number of likely N-dealkylation sites (N-methyl/N-ethyl adjacent to an activating group) is 1. The summed E-state index contributed by atoms with van der Waals surface area (Å²) in [5, 5.41) is 9.90. The van der Waals surface area contributed by atoms with E-state index < -0.39 is 6.10 Å². The highest BCUT2D eigenvalue weighted by Crippen LogP contribution is 2.26. The zero-order chi connectivity index (χ0) is 11.5. The molecule has 0 fully saturated rings. The van der Waals surface area contributed by atoms with Crippen LogP contribution in [0.2, 0.25) is 0 Å². The largest absolute Gasteiger partial charge is 0.387 e. The first-order valence-corrected chi connectivity index (χ1v) is 5.97. The van der Waals surface area contributed by atoms with Crippen molar-refractivity contribution in [2.75, 3.05) is 19.6 Å². The van der Waals surface area contributed by atoms with Gasteiger partial charge >= 0.3 is 0 Å². The third-order valence-corrected chi connectivity index (χ3v) is 3.42. The Hall–Kier alpha value is -0.900. The highest BCUT2D eigenvalue weighted by molar-refractivity contribution is 5.38. The Morgan fingerprint density at radius 3 is 3.00 bits per heavy atom. The third-order valence-electron chi connectivity index (χ3n) is 3.42. The molecule has 16 heavy (non-hydrogen) atoms. The van der Waals surface area contributed by atoms with Gasteiger partial charge in [-0.1, -0.05) is 25.1 Å². The summed E-state index contributed by atoms with van der Waals surface area (Å²) in [5.74, 6) is 0. The van der Waals surface area contributed by atoms with E-state index in [1.165, 1.54) is 11.1 Å². The average Bonchev–Trinajstić information content (AvgIpc) is 2.36. The maximum Gasteiger partial charge on any atom is 0.0915 e. The summed E-state index contributed by atoms with van der Waals surface area (Å²) in [6, 6.07) is 6.18. The summed E-state index contributed by atoms with van der Waals surface area (Å²) < 4.78 is 0. The summed E-state index contributed by atoms with van der Waals surface area (Å²) in [4.78, 5) is 2.40. The lowest BCUT2D eigenvalue weighted by atomic mass is 9.92. The van der Waals surface area contributed by atoms with E-state index in [1.807, 2.05) is 12.1 Å². The molecule has 1 heterocycles. The van der Waals surface area contributed by atoms with Crippen molar-refractivity contribution in [3.63, 3.8) is 0 Å². The Morgan fingerprint density at radius 2 is 2.31 bits per heavy atom. The molecule has 1 aliphatic rings. The molecule has 1 aromatic carbocycles. The normalized spacial score (nSPS) is 18.2. The molecule has 0 saturated carbocycles. The lowest BCUT2D eigenvalue weighted by molar-refractivity contribution is 0.181. The van der Waals surface area contributed by atoms with E-state index in [0.717, 1.165) is 31.6 Å². The van der Waals surface area contributed by atoms with Gasteiger partial charge in [0.15, 0.2) is 0 Å². The molecule has 3 heteroatoms. The summed E-state index contributed by atoms with van der Waals surface area (Å²) in [6.07, 6.45) is 0.556. The highest BCUT2D eigenvalue weighted by atomic mass is 16.3. The van der Waals surface area contributed by atoms with Crippen LogP contribution in [0.5, 0.6) is 0 Å². The maximum absolute atomic E-state index is 9.90. The number of benzene rings is 1. The molecular weight excluding hydrogens is 200 g/mol. The van der Waals surface area contributed by atoms with Gasteiger partial charge in [-0.15, -0.1) is 0 Å². The summed E-state index contributed by atoms with van der Waals surface area (Å²) >= 11 is 0. The summed E-state index contributed by atoms with van der Waals surface area (Å²) in [6.45, 7) is 5.59. The van der Waals surface area contributed by atoms with Gasteiger partial charge in [0.2, 0.25) is 0 Å². The van der Waals surface area contributed by atoms with Crippen molar-refractivity contribution in [2.45, 2.75) is 26.0 Å². The SMILES string of the molecule is CCN1CCc2cccc(C(O)CN)c2C1. The Labute approximate surface area is 96.9 Å². The van der Waals surface area contributed by atoms with E-state index in [4.69, 9.17) is 5.73 Å². The number of aliphatic hydroxyl groups is 1. The van der Waals surface area contributed by atoms with Crippen molar-refractivity contribution in [1.29, 1.82) is 0 Å². The second kappa shape index (κ2) is 4.95. The van der Waals surface area contributed by atoms with Crippen molar-refractivity contribution in [1.82, 2.24) is 4.90 Å². The van der Waals surface area contributed by atoms with Crippen LogP contribution < -0.4 is 5.73 Å². The minimum absolute atomic E-state index is 0.294. The van der Waals surface area contributed by atoms with Crippen LogP contribution in [0.4, 0.5) is 0 Å². The van der Waals surface area contributed by atoms with Gasteiger partial charge < -0.3 is 10.8 Å². The first-order valence-electron chi connectivity index (χ1n) is 5.97. The van der Waals surface area contributed by atoms with Crippen LogP contribution in [-0.2, 0) is 13.0 Å². The van der Waals surface area contributed by atoms with E-state index >= 15 is 0 Å². The lowest BCUT2D eigenvalue weighted by Gasteiger charge is -2.30. The van der Waals surface area contributed by atoms with Gasteiger partial charge in [-0.2, -0.15) is 0 Å². The van der Waals surface area contributed by atoms with Crippen molar-refractivity contribution in [2.24, 2.45) is 5.73 Å². The van der Waals surface area contributed by atoms with Gasteiger partial charge in [-0.25, -0.2) is 0 Å². The molecule has 1 aliphatic heterocycles. The molecule has 88 valence electrons. The summed E-state index contributed by atoms with van der Waals surface area (Å²) in [5.41, 5.74) is 9.21. The molecule has 0 aliphatic carbocycles. The fraction of sp³-hybridized carbons (Fsp3) is 0.538. The molecule has 0 saturated heterocycles. The van der Waals surface area contributed by atoms with E-state index in [9.17, 15) is 5.11 Å². The van der Waals surface area contributed by atoms with Crippen LogP contribution >= 0.6 is 0 Å². The van der Waals surface area contributed by atoms with Gasteiger partial charge in [-0.3, -0.25) is 4.90 Å². The molecule has 1 atom stereocenters. The van der Waals surface area contributed by atoms with Gasteiger partial charge in [0.25, 0.3) is 0 Å². The predicted molar refractivity (Wildman–Crippen MR) is 65.1 cm³/mol. The number of rotatable bonds is 3. The standard InChI is InChI=1S/C13H20N2O/c1-2-15-7-6-10-4-3-5-11(12(10)9-15)13(16)8-14/h3-5,13,16H,2,6-9,14H2,1H3. The van der Waals surface area contributed by atoms with Gasteiger partial charge in [-0.05, 0) is 29.7 Å². The molecule has 1 unspecified atom stereocenters. The fourth-order valence-corrected chi connectivity index (χ4v) is 2.37. The first kappa shape index (κ1) is 11.6. The second-order valence-electron chi connectivity index (χ2n) is 4.36.